The average Bonchev–Trinajstić information content (AvgIpc) is 3.49. The SMILES string of the molecule is C[C@@H]1[C@@H]2CN(C(=O)[C@H](C(C)(C)C)CC(=O)O[C@@H]3C[C@H]3CCCCCn3c(nc(C=CN)nc3=O)O2)[C@@H]1C=O. The molecule has 11 heteroatoms. The van der Waals surface area contributed by atoms with Crippen molar-refractivity contribution < 1.29 is 23.9 Å². The predicted octanol–water partition coefficient (Wildman–Crippen LogP) is 1.92. The lowest BCUT2D eigenvalue weighted by Gasteiger charge is -2.34. The zero-order valence-corrected chi connectivity index (χ0v) is 22.7. The Hall–Kier alpha value is -3.24. The van der Waals surface area contributed by atoms with Crippen LogP contribution in [0.4, 0.5) is 0 Å². The fraction of sp³-hybridized carbons (Fsp3) is 0.704. The minimum atomic E-state index is -0.742. The molecule has 0 unspecified atom stereocenters. The fourth-order valence-corrected chi connectivity index (χ4v) is 5.43. The third kappa shape index (κ3) is 6.07. The van der Waals surface area contributed by atoms with E-state index < -0.39 is 29.2 Å². The van der Waals surface area contributed by atoms with E-state index in [-0.39, 0.29) is 48.7 Å². The number of carbonyl (C=O) groups is 3. The first-order valence-electron chi connectivity index (χ1n) is 13.5. The Bertz CT molecular complexity index is 1140. The van der Waals surface area contributed by atoms with Crippen molar-refractivity contribution in [1.82, 2.24) is 19.4 Å². The van der Waals surface area contributed by atoms with E-state index in [1.165, 1.54) is 21.7 Å². The highest BCUT2D eigenvalue weighted by Gasteiger charge is 2.48. The second-order valence-corrected chi connectivity index (χ2v) is 11.8. The van der Waals surface area contributed by atoms with Crippen molar-refractivity contribution >= 4 is 24.2 Å². The Kier molecular flexibility index (Phi) is 8.22. The van der Waals surface area contributed by atoms with E-state index in [2.05, 4.69) is 9.97 Å². The monoisotopic (exact) mass is 529 g/mol. The molecule has 1 saturated carbocycles. The standard InChI is InChI=1S/C27H39N5O6/c1-16-19(15-33)32-14-21(16)38-26-30-22(9-10-28)29-25(36)31(26)11-7-5-6-8-17-12-20(17)37-23(34)13-18(24(32)35)27(2,3)4/h9-10,15-21H,5-8,11-14,28H2,1-4H3/t16-,17+,18+,19+,20+,21-/m0/s1. The van der Waals surface area contributed by atoms with Gasteiger partial charge in [0, 0.05) is 12.5 Å². The van der Waals surface area contributed by atoms with Gasteiger partial charge in [0.2, 0.25) is 5.91 Å². The Labute approximate surface area is 222 Å². The van der Waals surface area contributed by atoms with Crippen LogP contribution in [0.25, 0.3) is 6.08 Å². The van der Waals surface area contributed by atoms with Crippen LogP contribution in [0.15, 0.2) is 11.0 Å². The molecule has 0 radical (unpaired) electrons. The van der Waals surface area contributed by atoms with Crippen molar-refractivity contribution in [2.45, 2.75) is 91.0 Å². The van der Waals surface area contributed by atoms with Gasteiger partial charge in [-0.1, -0.05) is 40.5 Å². The van der Waals surface area contributed by atoms with Gasteiger partial charge in [-0.2, -0.15) is 9.97 Å². The first-order valence-corrected chi connectivity index (χ1v) is 13.5. The van der Waals surface area contributed by atoms with Crippen LogP contribution in [0.5, 0.6) is 6.01 Å². The topological polar surface area (TPSA) is 147 Å². The molecule has 1 aromatic rings. The summed E-state index contributed by atoms with van der Waals surface area (Å²) >= 11 is 0. The first-order chi connectivity index (χ1) is 18.0. The highest BCUT2D eigenvalue weighted by atomic mass is 16.5. The second-order valence-electron chi connectivity index (χ2n) is 11.8. The number of aromatic nitrogens is 3. The summed E-state index contributed by atoms with van der Waals surface area (Å²) in [5, 5.41) is 0. The van der Waals surface area contributed by atoms with Gasteiger partial charge in [-0.05, 0) is 42.9 Å². The van der Waals surface area contributed by atoms with Crippen LogP contribution in [-0.4, -0.2) is 62.4 Å². The molecule has 2 bridgehead atoms. The fourth-order valence-electron chi connectivity index (χ4n) is 5.43. The van der Waals surface area contributed by atoms with Gasteiger partial charge in [0.05, 0.1) is 24.9 Å². The van der Waals surface area contributed by atoms with E-state index in [4.69, 9.17) is 15.2 Å². The van der Waals surface area contributed by atoms with Gasteiger partial charge in [0.25, 0.3) is 0 Å². The minimum Gasteiger partial charge on any atom is -0.462 e. The number of carbonyl (C=O) groups excluding carboxylic acids is 3. The number of ether oxygens (including phenoxy) is 2. The average molecular weight is 530 g/mol. The van der Waals surface area contributed by atoms with Crippen molar-refractivity contribution in [1.29, 1.82) is 0 Å². The molecule has 3 heterocycles. The normalized spacial score (nSPS) is 31.0. The first kappa shape index (κ1) is 27.8. The lowest BCUT2D eigenvalue weighted by molar-refractivity contribution is -0.153. The molecule has 2 N–H and O–H groups in total. The van der Waals surface area contributed by atoms with Crippen molar-refractivity contribution in [2.75, 3.05) is 6.54 Å². The van der Waals surface area contributed by atoms with E-state index in [1.807, 2.05) is 27.7 Å². The number of nitrogens with two attached hydrogens (primary N) is 1. The minimum absolute atomic E-state index is 0.0478. The smallest absolute Gasteiger partial charge is 0.353 e. The molecule has 38 heavy (non-hydrogen) atoms. The van der Waals surface area contributed by atoms with Crippen LogP contribution < -0.4 is 16.2 Å². The zero-order valence-electron chi connectivity index (χ0n) is 22.7. The number of fused-ring (bicyclic) bond motifs is 4. The molecule has 1 aromatic heterocycles. The number of aldehydes is 1. The van der Waals surface area contributed by atoms with Gasteiger partial charge in [0.1, 0.15) is 18.5 Å². The van der Waals surface area contributed by atoms with Crippen LogP contribution >= 0.6 is 0 Å². The predicted molar refractivity (Wildman–Crippen MR) is 139 cm³/mol. The maximum Gasteiger partial charge on any atom is 0.353 e. The molecule has 4 rings (SSSR count). The Morgan fingerprint density at radius 2 is 1.82 bits per heavy atom. The summed E-state index contributed by atoms with van der Waals surface area (Å²) < 4.78 is 13.4. The van der Waals surface area contributed by atoms with Gasteiger partial charge in [-0.3, -0.25) is 9.59 Å². The van der Waals surface area contributed by atoms with Crippen LogP contribution in [0.1, 0.15) is 72.0 Å². The molecule has 2 aliphatic heterocycles. The summed E-state index contributed by atoms with van der Waals surface area (Å²) in [4.78, 5) is 61.6. The Morgan fingerprint density at radius 3 is 2.50 bits per heavy atom. The summed E-state index contributed by atoms with van der Waals surface area (Å²) in [5.41, 5.74) is 4.46. The largest absolute Gasteiger partial charge is 0.462 e. The van der Waals surface area contributed by atoms with E-state index in [0.29, 0.717) is 12.5 Å². The van der Waals surface area contributed by atoms with Gasteiger partial charge < -0.3 is 24.9 Å². The van der Waals surface area contributed by atoms with Crippen molar-refractivity contribution in [3.8, 4) is 6.01 Å². The van der Waals surface area contributed by atoms with Gasteiger partial charge in [-0.15, -0.1) is 0 Å². The molecule has 11 nitrogen and oxygen atoms in total. The molecule has 1 saturated heterocycles. The Morgan fingerprint density at radius 1 is 1.05 bits per heavy atom. The summed E-state index contributed by atoms with van der Waals surface area (Å²) in [6.45, 7) is 8.04. The maximum absolute atomic E-state index is 13.8. The highest BCUT2D eigenvalue weighted by Crippen LogP contribution is 2.40. The van der Waals surface area contributed by atoms with Crippen molar-refractivity contribution in [3.63, 3.8) is 0 Å². The molecule has 6 atom stereocenters. The molecule has 0 aromatic carbocycles. The van der Waals surface area contributed by atoms with Crippen molar-refractivity contribution in [3.05, 3.63) is 22.5 Å². The number of esters is 1. The summed E-state index contributed by atoms with van der Waals surface area (Å²) in [6, 6.07) is -0.651. The van der Waals surface area contributed by atoms with E-state index >= 15 is 0 Å². The lowest BCUT2D eigenvalue weighted by Crippen LogP contribution is -2.46. The number of rotatable bonds is 2. The van der Waals surface area contributed by atoms with Crippen LogP contribution in [-0.2, 0) is 25.7 Å². The van der Waals surface area contributed by atoms with Gasteiger partial charge in [-0.25, -0.2) is 9.36 Å². The molecule has 1 amide bonds. The molecule has 0 spiro atoms. The van der Waals surface area contributed by atoms with Crippen molar-refractivity contribution in [2.24, 2.45) is 28.9 Å². The third-order valence-corrected chi connectivity index (χ3v) is 7.98. The molecular formula is C27H39N5O6. The molecular weight excluding hydrogens is 490 g/mol. The van der Waals surface area contributed by atoms with Gasteiger partial charge in [0.15, 0.2) is 5.82 Å². The Balaban J connectivity index is 1.69. The third-order valence-electron chi connectivity index (χ3n) is 7.98. The van der Waals surface area contributed by atoms with E-state index in [1.54, 1.807) is 0 Å². The summed E-state index contributed by atoms with van der Waals surface area (Å²) in [7, 11) is 0. The lowest BCUT2D eigenvalue weighted by atomic mass is 9.77. The molecule has 2 fully saturated rings. The van der Waals surface area contributed by atoms with E-state index in [0.717, 1.165) is 38.4 Å². The number of amides is 1. The summed E-state index contributed by atoms with van der Waals surface area (Å²) in [6.07, 6.45) is 6.98. The zero-order chi connectivity index (χ0) is 27.6. The maximum atomic E-state index is 13.8. The quantitative estimate of drug-likeness (QED) is 0.448. The van der Waals surface area contributed by atoms with Crippen LogP contribution in [0.2, 0.25) is 0 Å². The van der Waals surface area contributed by atoms with Crippen LogP contribution in [0, 0.1) is 23.2 Å². The number of hydrogen-bond donors (Lipinski definition) is 1. The van der Waals surface area contributed by atoms with E-state index in [9.17, 15) is 19.2 Å². The second kappa shape index (κ2) is 11.2. The van der Waals surface area contributed by atoms with Gasteiger partial charge >= 0.3 is 17.7 Å². The van der Waals surface area contributed by atoms with Crippen LogP contribution in [0.3, 0.4) is 0 Å². The molecule has 3 aliphatic rings. The summed E-state index contributed by atoms with van der Waals surface area (Å²) in [5.74, 6) is -1.25. The highest BCUT2D eigenvalue weighted by molar-refractivity contribution is 5.87. The molecule has 1 aliphatic carbocycles. The number of nitrogens with zero attached hydrogens (tertiary/aromatic N) is 4. The molecule has 208 valence electrons. The number of hydrogen-bond acceptors (Lipinski definition) is 9.